The standard InChI is InChI=1S/C19H14F2N2O5S/c1-10(17(24)22-13-5-4-11(20)9-12(13)21)28-19(26)15-6-7-16(29-15)23-18(25)14-3-2-8-27-14/h2-10H,1H3,(H,22,24)(H,23,25). The summed E-state index contributed by atoms with van der Waals surface area (Å²) >= 11 is 0.947. The third kappa shape index (κ3) is 5.05. The second-order valence-corrected chi connectivity index (χ2v) is 6.84. The number of furan rings is 1. The maximum Gasteiger partial charge on any atom is 0.349 e. The Hall–Kier alpha value is -3.53. The van der Waals surface area contributed by atoms with Crippen molar-refractivity contribution in [3.63, 3.8) is 0 Å². The highest BCUT2D eigenvalue weighted by Gasteiger charge is 2.22. The topological polar surface area (TPSA) is 97.6 Å². The third-order valence-electron chi connectivity index (χ3n) is 3.63. The summed E-state index contributed by atoms with van der Waals surface area (Å²) in [5.74, 6) is -3.69. The molecule has 150 valence electrons. The van der Waals surface area contributed by atoms with Gasteiger partial charge in [0, 0.05) is 6.07 Å². The van der Waals surface area contributed by atoms with Crippen LogP contribution >= 0.6 is 11.3 Å². The van der Waals surface area contributed by atoms with Gasteiger partial charge in [-0.3, -0.25) is 9.59 Å². The molecule has 1 atom stereocenters. The van der Waals surface area contributed by atoms with Gasteiger partial charge < -0.3 is 19.8 Å². The van der Waals surface area contributed by atoms with Crippen LogP contribution in [-0.2, 0) is 9.53 Å². The van der Waals surface area contributed by atoms with Gasteiger partial charge in [0.15, 0.2) is 11.9 Å². The van der Waals surface area contributed by atoms with E-state index in [1.807, 2.05) is 0 Å². The van der Waals surface area contributed by atoms with Crippen molar-refractivity contribution in [1.29, 1.82) is 0 Å². The summed E-state index contributed by atoms with van der Waals surface area (Å²) in [6, 6.07) is 8.65. The van der Waals surface area contributed by atoms with Crippen molar-refractivity contribution >= 4 is 39.8 Å². The van der Waals surface area contributed by atoms with E-state index < -0.39 is 35.5 Å². The van der Waals surface area contributed by atoms with E-state index in [9.17, 15) is 23.2 Å². The van der Waals surface area contributed by atoms with Gasteiger partial charge in [-0.2, -0.15) is 0 Å². The van der Waals surface area contributed by atoms with E-state index in [2.05, 4.69) is 10.6 Å². The highest BCUT2D eigenvalue weighted by molar-refractivity contribution is 7.18. The van der Waals surface area contributed by atoms with Crippen LogP contribution in [0.3, 0.4) is 0 Å². The maximum absolute atomic E-state index is 13.6. The molecule has 0 saturated heterocycles. The molecular weight excluding hydrogens is 406 g/mol. The van der Waals surface area contributed by atoms with Crippen LogP contribution in [0.25, 0.3) is 0 Å². The lowest BCUT2D eigenvalue weighted by atomic mass is 10.2. The monoisotopic (exact) mass is 420 g/mol. The van der Waals surface area contributed by atoms with E-state index in [1.165, 1.54) is 31.4 Å². The van der Waals surface area contributed by atoms with Crippen LogP contribution < -0.4 is 10.6 Å². The zero-order chi connectivity index (χ0) is 21.0. The predicted molar refractivity (Wildman–Crippen MR) is 101 cm³/mol. The number of rotatable bonds is 6. The summed E-state index contributed by atoms with van der Waals surface area (Å²) in [4.78, 5) is 36.4. The van der Waals surface area contributed by atoms with E-state index in [4.69, 9.17) is 9.15 Å². The molecule has 1 unspecified atom stereocenters. The fourth-order valence-electron chi connectivity index (χ4n) is 2.19. The molecular formula is C19H14F2N2O5S. The Morgan fingerprint density at radius 2 is 1.90 bits per heavy atom. The molecule has 2 aromatic heterocycles. The number of halogens is 2. The normalized spacial score (nSPS) is 11.6. The quantitative estimate of drug-likeness (QED) is 0.586. The second-order valence-electron chi connectivity index (χ2n) is 5.76. The van der Waals surface area contributed by atoms with Gasteiger partial charge in [0.05, 0.1) is 17.0 Å². The van der Waals surface area contributed by atoms with Crippen molar-refractivity contribution in [2.45, 2.75) is 13.0 Å². The van der Waals surface area contributed by atoms with Crippen LogP contribution in [0.5, 0.6) is 0 Å². The summed E-state index contributed by atoms with van der Waals surface area (Å²) in [6.07, 6.45) is 0.117. The number of esters is 1. The first kappa shape index (κ1) is 20.2. The average molecular weight is 420 g/mol. The number of thiophene rings is 1. The second kappa shape index (κ2) is 8.65. The molecule has 0 aliphatic rings. The Morgan fingerprint density at radius 3 is 2.59 bits per heavy atom. The van der Waals surface area contributed by atoms with E-state index in [1.54, 1.807) is 6.07 Å². The van der Waals surface area contributed by atoms with Gasteiger partial charge in [0.1, 0.15) is 16.5 Å². The first-order valence-electron chi connectivity index (χ1n) is 8.25. The summed E-state index contributed by atoms with van der Waals surface area (Å²) in [5, 5.41) is 5.16. The van der Waals surface area contributed by atoms with Gasteiger partial charge in [-0.25, -0.2) is 13.6 Å². The number of hydrogen-bond acceptors (Lipinski definition) is 6. The van der Waals surface area contributed by atoms with Crippen LogP contribution in [0, 0.1) is 11.6 Å². The molecule has 0 radical (unpaired) electrons. The predicted octanol–water partition coefficient (Wildman–Crippen LogP) is 4.06. The molecule has 2 heterocycles. The van der Waals surface area contributed by atoms with E-state index >= 15 is 0 Å². The first-order chi connectivity index (χ1) is 13.8. The van der Waals surface area contributed by atoms with Crippen LogP contribution in [0.2, 0.25) is 0 Å². The van der Waals surface area contributed by atoms with Crippen LogP contribution in [0.4, 0.5) is 19.5 Å². The SMILES string of the molecule is CC(OC(=O)c1ccc(NC(=O)c2ccco2)s1)C(=O)Nc1ccc(F)cc1F. The summed E-state index contributed by atoms with van der Waals surface area (Å²) < 4.78 is 36.6. The highest BCUT2D eigenvalue weighted by atomic mass is 32.1. The molecule has 2 N–H and O–H groups in total. The molecule has 3 aromatic rings. The van der Waals surface area contributed by atoms with Crippen LogP contribution in [0.1, 0.15) is 27.2 Å². The summed E-state index contributed by atoms with van der Waals surface area (Å²) in [5.41, 5.74) is -0.238. The van der Waals surface area contributed by atoms with Crippen molar-refractivity contribution in [2.75, 3.05) is 10.6 Å². The smallest absolute Gasteiger partial charge is 0.349 e. The Balaban J connectivity index is 1.57. The number of carbonyl (C=O) groups is 3. The Labute approximate surface area is 167 Å². The van der Waals surface area contributed by atoms with Crippen molar-refractivity contribution in [2.24, 2.45) is 0 Å². The number of carbonyl (C=O) groups excluding carboxylic acids is 3. The Kier molecular flexibility index (Phi) is 6.03. The Bertz CT molecular complexity index is 1050. The van der Waals surface area contributed by atoms with Crippen molar-refractivity contribution in [3.05, 3.63) is 71.0 Å². The molecule has 0 spiro atoms. The zero-order valence-corrected chi connectivity index (χ0v) is 15.7. The van der Waals surface area contributed by atoms with Crippen molar-refractivity contribution in [3.8, 4) is 0 Å². The van der Waals surface area contributed by atoms with Crippen LogP contribution in [-0.4, -0.2) is 23.9 Å². The first-order valence-corrected chi connectivity index (χ1v) is 9.06. The van der Waals surface area contributed by atoms with Gasteiger partial charge in [-0.05, 0) is 43.3 Å². The Morgan fingerprint density at radius 1 is 1.10 bits per heavy atom. The molecule has 1 aromatic carbocycles. The number of benzene rings is 1. The fourth-order valence-corrected chi connectivity index (χ4v) is 2.98. The molecule has 0 fully saturated rings. The lowest BCUT2D eigenvalue weighted by molar-refractivity contribution is -0.123. The molecule has 0 saturated carbocycles. The van der Waals surface area contributed by atoms with Gasteiger partial charge >= 0.3 is 5.97 Å². The van der Waals surface area contributed by atoms with Gasteiger partial charge in [0.2, 0.25) is 0 Å². The molecule has 0 aliphatic heterocycles. The largest absolute Gasteiger partial charge is 0.459 e. The minimum atomic E-state index is -1.24. The lowest BCUT2D eigenvalue weighted by Gasteiger charge is -2.13. The van der Waals surface area contributed by atoms with Crippen LogP contribution in [0.15, 0.2) is 53.1 Å². The minimum Gasteiger partial charge on any atom is -0.459 e. The number of anilines is 2. The molecule has 29 heavy (non-hydrogen) atoms. The third-order valence-corrected chi connectivity index (χ3v) is 4.61. The van der Waals surface area contributed by atoms with E-state index in [0.717, 1.165) is 23.5 Å². The minimum absolute atomic E-state index is 0.112. The van der Waals surface area contributed by atoms with Gasteiger partial charge in [-0.1, -0.05) is 0 Å². The summed E-state index contributed by atoms with van der Waals surface area (Å²) in [6.45, 7) is 1.31. The molecule has 2 amide bonds. The molecule has 3 rings (SSSR count). The molecule has 0 bridgehead atoms. The van der Waals surface area contributed by atoms with Gasteiger partial charge in [-0.15, -0.1) is 11.3 Å². The number of hydrogen-bond donors (Lipinski definition) is 2. The summed E-state index contributed by atoms with van der Waals surface area (Å²) in [7, 11) is 0. The highest BCUT2D eigenvalue weighted by Crippen LogP contribution is 2.24. The van der Waals surface area contributed by atoms with Crippen molar-refractivity contribution < 1.29 is 32.3 Å². The fraction of sp³-hybridized carbons (Fsp3) is 0.105. The molecule has 0 aliphatic carbocycles. The van der Waals surface area contributed by atoms with E-state index in [0.29, 0.717) is 11.1 Å². The molecule has 7 nitrogen and oxygen atoms in total. The number of amides is 2. The number of ether oxygens (including phenoxy) is 1. The average Bonchev–Trinajstić information content (AvgIpc) is 3.35. The number of nitrogens with one attached hydrogen (secondary N) is 2. The van der Waals surface area contributed by atoms with E-state index in [-0.39, 0.29) is 16.3 Å². The van der Waals surface area contributed by atoms with Gasteiger partial charge in [0.25, 0.3) is 11.8 Å². The molecule has 10 heteroatoms. The zero-order valence-electron chi connectivity index (χ0n) is 14.9. The van der Waals surface area contributed by atoms with Crippen molar-refractivity contribution in [1.82, 2.24) is 0 Å². The maximum atomic E-state index is 13.6. The lowest BCUT2D eigenvalue weighted by Crippen LogP contribution is -2.30.